The lowest BCUT2D eigenvalue weighted by Gasteiger charge is -2.16. The first-order valence-electron chi connectivity index (χ1n) is 5.56. The van der Waals surface area contributed by atoms with Crippen LogP contribution in [0.5, 0.6) is 0 Å². The van der Waals surface area contributed by atoms with Crippen molar-refractivity contribution in [2.45, 2.75) is 13.3 Å². The van der Waals surface area contributed by atoms with Crippen molar-refractivity contribution < 1.29 is 4.79 Å². The van der Waals surface area contributed by atoms with E-state index in [1.165, 1.54) is 0 Å². The smallest absolute Gasteiger partial charge is 0.228 e. The molecule has 1 aliphatic rings. The Labute approximate surface area is 109 Å². The molecule has 0 aliphatic carbocycles. The van der Waals surface area contributed by atoms with Gasteiger partial charge in [-0.05, 0) is 30.5 Å². The van der Waals surface area contributed by atoms with Gasteiger partial charge in [-0.1, -0.05) is 16.7 Å². The van der Waals surface area contributed by atoms with Gasteiger partial charge >= 0.3 is 0 Å². The van der Waals surface area contributed by atoms with Crippen LogP contribution >= 0.6 is 11.6 Å². The summed E-state index contributed by atoms with van der Waals surface area (Å²) in [5.74, 6) is 0.666. The maximum atomic E-state index is 11.9. The molecule has 1 amide bonds. The number of azide groups is 1. The highest BCUT2D eigenvalue weighted by Crippen LogP contribution is 2.25. The molecule has 2 heterocycles. The molecule has 0 bridgehead atoms. The van der Waals surface area contributed by atoms with Crippen molar-refractivity contribution in [3.05, 3.63) is 33.3 Å². The fraction of sp³-hybridized carbons (Fsp3) is 0.455. The molecule has 7 heteroatoms. The van der Waals surface area contributed by atoms with Gasteiger partial charge < -0.3 is 0 Å². The van der Waals surface area contributed by atoms with E-state index in [0.717, 1.165) is 0 Å². The number of amides is 1. The molecule has 0 aromatic carbocycles. The predicted octanol–water partition coefficient (Wildman–Crippen LogP) is 2.71. The Kier molecular flexibility index (Phi) is 3.69. The van der Waals surface area contributed by atoms with E-state index in [1.807, 2.05) is 0 Å². The third-order valence-electron chi connectivity index (χ3n) is 2.89. The number of aryl methyl sites for hydroxylation is 1. The Morgan fingerprint density at radius 3 is 3.11 bits per heavy atom. The molecular formula is C11H12ClN5O. The molecule has 1 aliphatic heterocycles. The van der Waals surface area contributed by atoms with E-state index in [4.69, 9.17) is 17.1 Å². The van der Waals surface area contributed by atoms with Crippen LogP contribution in [-0.4, -0.2) is 24.0 Å². The van der Waals surface area contributed by atoms with Gasteiger partial charge in [-0.3, -0.25) is 9.69 Å². The number of hydrogen-bond donors (Lipinski definition) is 0. The summed E-state index contributed by atoms with van der Waals surface area (Å²) in [5.41, 5.74) is 8.97. The predicted molar refractivity (Wildman–Crippen MR) is 68.5 cm³/mol. The Morgan fingerprint density at radius 1 is 1.67 bits per heavy atom. The number of rotatable bonds is 3. The zero-order valence-electron chi connectivity index (χ0n) is 9.88. The number of halogens is 1. The molecule has 0 spiro atoms. The molecule has 1 atom stereocenters. The summed E-state index contributed by atoms with van der Waals surface area (Å²) in [5, 5.41) is 4.09. The molecule has 1 unspecified atom stereocenters. The SMILES string of the molecule is Cc1nc(N2CC(CN=[N+]=[N-])CC2=O)ccc1Cl. The highest BCUT2D eigenvalue weighted by molar-refractivity contribution is 6.31. The Balaban J connectivity index is 2.16. The Hall–Kier alpha value is -1.78. The van der Waals surface area contributed by atoms with Crippen molar-refractivity contribution in [3.8, 4) is 0 Å². The second kappa shape index (κ2) is 5.25. The minimum atomic E-state index is 0.00219. The average molecular weight is 266 g/mol. The zero-order valence-corrected chi connectivity index (χ0v) is 10.6. The molecule has 6 nitrogen and oxygen atoms in total. The molecule has 18 heavy (non-hydrogen) atoms. The largest absolute Gasteiger partial charge is 0.297 e. The lowest BCUT2D eigenvalue weighted by atomic mass is 10.1. The van der Waals surface area contributed by atoms with E-state index in [-0.39, 0.29) is 11.8 Å². The third-order valence-corrected chi connectivity index (χ3v) is 3.29. The summed E-state index contributed by atoms with van der Waals surface area (Å²) in [4.78, 5) is 20.5. The van der Waals surface area contributed by atoms with Crippen LogP contribution in [0.2, 0.25) is 5.02 Å². The fourth-order valence-electron chi connectivity index (χ4n) is 1.96. The molecule has 0 N–H and O–H groups in total. The van der Waals surface area contributed by atoms with Gasteiger partial charge in [0.25, 0.3) is 0 Å². The van der Waals surface area contributed by atoms with E-state index in [1.54, 1.807) is 24.0 Å². The summed E-state index contributed by atoms with van der Waals surface area (Å²) < 4.78 is 0. The van der Waals surface area contributed by atoms with Gasteiger partial charge in [-0.15, -0.1) is 0 Å². The molecule has 0 radical (unpaired) electrons. The van der Waals surface area contributed by atoms with Crippen LogP contribution in [0.25, 0.3) is 10.4 Å². The van der Waals surface area contributed by atoms with Gasteiger partial charge in [-0.2, -0.15) is 0 Å². The van der Waals surface area contributed by atoms with Crippen LogP contribution in [0.1, 0.15) is 12.1 Å². The van der Waals surface area contributed by atoms with Gasteiger partial charge in [0.2, 0.25) is 5.91 Å². The summed E-state index contributed by atoms with van der Waals surface area (Å²) in [7, 11) is 0. The highest BCUT2D eigenvalue weighted by Gasteiger charge is 2.30. The van der Waals surface area contributed by atoms with Crippen LogP contribution in [0.4, 0.5) is 5.82 Å². The topological polar surface area (TPSA) is 82.0 Å². The summed E-state index contributed by atoms with van der Waals surface area (Å²) in [6.45, 7) is 2.67. The monoisotopic (exact) mass is 265 g/mol. The van der Waals surface area contributed by atoms with Crippen LogP contribution in [-0.2, 0) is 4.79 Å². The minimum absolute atomic E-state index is 0.00219. The molecule has 1 aromatic rings. The summed E-state index contributed by atoms with van der Waals surface area (Å²) in [6.07, 6.45) is 0.391. The van der Waals surface area contributed by atoms with Crippen molar-refractivity contribution in [1.29, 1.82) is 0 Å². The molecule has 1 fully saturated rings. The lowest BCUT2D eigenvalue weighted by molar-refractivity contribution is -0.117. The van der Waals surface area contributed by atoms with Crippen molar-refractivity contribution in [1.82, 2.24) is 4.98 Å². The second-order valence-corrected chi connectivity index (χ2v) is 4.63. The van der Waals surface area contributed by atoms with Crippen LogP contribution in [0, 0.1) is 12.8 Å². The average Bonchev–Trinajstić information content (AvgIpc) is 2.71. The van der Waals surface area contributed by atoms with E-state index >= 15 is 0 Å². The van der Waals surface area contributed by atoms with Gasteiger partial charge in [0.1, 0.15) is 5.82 Å². The Morgan fingerprint density at radius 2 is 2.44 bits per heavy atom. The molecule has 1 aromatic heterocycles. The minimum Gasteiger partial charge on any atom is -0.297 e. The number of carbonyl (C=O) groups is 1. The quantitative estimate of drug-likeness (QED) is 0.478. The summed E-state index contributed by atoms with van der Waals surface area (Å²) in [6, 6.07) is 3.45. The fourth-order valence-corrected chi connectivity index (χ4v) is 2.06. The van der Waals surface area contributed by atoms with E-state index in [0.29, 0.717) is 36.0 Å². The molecule has 0 saturated carbocycles. The van der Waals surface area contributed by atoms with E-state index in [2.05, 4.69) is 15.0 Å². The van der Waals surface area contributed by atoms with Gasteiger partial charge in [0.15, 0.2) is 0 Å². The highest BCUT2D eigenvalue weighted by atomic mass is 35.5. The molecule has 2 rings (SSSR count). The van der Waals surface area contributed by atoms with Crippen LogP contribution in [0.15, 0.2) is 17.2 Å². The van der Waals surface area contributed by atoms with Crippen molar-refractivity contribution >= 4 is 23.3 Å². The van der Waals surface area contributed by atoms with Crippen LogP contribution in [0.3, 0.4) is 0 Å². The van der Waals surface area contributed by atoms with E-state index < -0.39 is 0 Å². The number of pyridine rings is 1. The standard InChI is InChI=1S/C11H12ClN5O/c1-7-9(12)2-3-10(15-7)17-6-8(4-11(17)18)5-14-16-13/h2-3,8H,4-6H2,1H3. The first kappa shape index (κ1) is 12.7. The third kappa shape index (κ3) is 2.55. The van der Waals surface area contributed by atoms with Crippen molar-refractivity contribution in [3.63, 3.8) is 0 Å². The Bertz CT molecular complexity index is 526. The normalized spacial score (nSPS) is 18.9. The van der Waals surface area contributed by atoms with Crippen molar-refractivity contribution in [2.24, 2.45) is 11.0 Å². The maximum Gasteiger partial charge on any atom is 0.228 e. The first-order valence-corrected chi connectivity index (χ1v) is 5.94. The zero-order chi connectivity index (χ0) is 13.1. The molecule has 1 saturated heterocycles. The number of anilines is 1. The molecule has 94 valence electrons. The van der Waals surface area contributed by atoms with E-state index in [9.17, 15) is 4.79 Å². The van der Waals surface area contributed by atoms with Gasteiger partial charge in [0, 0.05) is 24.4 Å². The lowest BCUT2D eigenvalue weighted by Crippen LogP contribution is -2.25. The van der Waals surface area contributed by atoms with Gasteiger partial charge in [0.05, 0.1) is 10.7 Å². The maximum absolute atomic E-state index is 11.9. The number of hydrogen-bond acceptors (Lipinski definition) is 3. The second-order valence-electron chi connectivity index (χ2n) is 4.22. The number of aromatic nitrogens is 1. The summed E-state index contributed by atoms with van der Waals surface area (Å²) >= 11 is 5.90. The first-order chi connectivity index (χ1) is 8.61. The van der Waals surface area contributed by atoms with Gasteiger partial charge in [-0.25, -0.2) is 4.98 Å². The number of nitrogens with zero attached hydrogens (tertiary/aromatic N) is 5. The molecular weight excluding hydrogens is 254 g/mol. The number of carbonyl (C=O) groups excluding carboxylic acids is 1. The van der Waals surface area contributed by atoms with Crippen molar-refractivity contribution in [2.75, 3.05) is 18.0 Å². The van der Waals surface area contributed by atoms with Crippen LogP contribution < -0.4 is 4.90 Å².